The van der Waals surface area contributed by atoms with Gasteiger partial charge in [0.2, 0.25) is 0 Å². The zero-order valence-corrected chi connectivity index (χ0v) is 17.3. The summed E-state index contributed by atoms with van der Waals surface area (Å²) in [5, 5.41) is 15.1. The maximum atomic E-state index is 13.7. The fourth-order valence-electron chi connectivity index (χ4n) is 2.94. The first-order chi connectivity index (χ1) is 13.8. The van der Waals surface area contributed by atoms with Gasteiger partial charge in [-0.1, -0.05) is 26.0 Å². The number of aromatic nitrogens is 2. The molecule has 0 aliphatic rings. The minimum Gasteiger partial charge on any atom is -0.341 e. The maximum Gasteiger partial charge on any atom is 0.433 e. The van der Waals surface area contributed by atoms with Crippen molar-refractivity contribution in [3.8, 4) is 6.07 Å². The van der Waals surface area contributed by atoms with Gasteiger partial charge in [0.25, 0.3) is 5.91 Å². The Morgan fingerprint density at radius 1 is 1.13 bits per heavy atom. The molecular weight excluding hydrogens is 397 g/mol. The van der Waals surface area contributed by atoms with Crippen molar-refractivity contribution >= 4 is 11.7 Å². The van der Waals surface area contributed by atoms with Gasteiger partial charge >= 0.3 is 6.18 Å². The number of carbonyl (C=O) groups is 2. The van der Waals surface area contributed by atoms with Gasteiger partial charge in [-0.3, -0.25) is 14.3 Å². The van der Waals surface area contributed by atoms with E-state index in [4.69, 9.17) is 5.26 Å². The van der Waals surface area contributed by atoms with E-state index in [2.05, 4.69) is 10.4 Å². The van der Waals surface area contributed by atoms with Crippen LogP contribution in [0.1, 0.15) is 66.6 Å². The van der Waals surface area contributed by atoms with E-state index in [-0.39, 0.29) is 11.5 Å². The average molecular weight is 420 g/mol. The molecule has 1 amide bonds. The molecule has 0 radical (unpaired) electrons. The quantitative estimate of drug-likeness (QED) is 0.736. The van der Waals surface area contributed by atoms with Gasteiger partial charge in [0.1, 0.15) is 0 Å². The molecule has 2 rings (SSSR count). The Hall–Kier alpha value is -3.15. The van der Waals surface area contributed by atoms with Crippen LogP contribution in [-0.4, -0.2) is 27.5 Å². The van der Waals surface area contributed by atoms with Crippen LogP contribution in [0.25, 0.3) is 0 Å². The molecule has 160 valence electrons. The average Bonchev–Trinajstić information content (AvgIpc) is 3.11. The summed E-state index contributed by atoms with van der Waals surface area (Å²) in [6.07, 6.45) is -3.94. The Labute approximate surface area is 172 Å². The van der Waals surface area contributed by atoms with Crippen molar-refractivity contribution in [2.24, 2.45) is 5.92 Å². The molecule has 1 aromatic heterocycles. The second-order valence-electron chi connectivity index (χ2n) is 8.24. The van der Waals surface area contributed by atoms with E-state index in [1.165, 1.54) is 24.3 Å². The number of carbonyl (C=O) groups excluding carboxylic acids is 2. The van der Waals surface area contributed by atoms with Gasteiger partial charge in [0, 0.05) is 5.56 Å². The fourth-order valence-corrected chi connectivity index (χ4v) is 2.94. The van der Waals surface area contributed by atoms with Crippen molar-refractivity contribution in [2.45, 2.75) is 52.4 Å². The van der Waals surface area contributed by atoms with E-state index in [1.807, 2.05) is 6.07 Å². The smallest absolute Gasteiger partial charge is 0.341 e. The Bertz CT molecular complexity index is 978. The number of ketones is 1. The number of halogens is 3. The number of hydrogen-bond donors (Lipinski definition) is 1. The topological polar surface area (TPSA) is 87.8 Å². The molecule has 30 heavy (non-hydrogen) atoms. The first-order valence-electron chi connectivity index (χ1n) is 9.28. The lowest BCUT2D eigenvalue weighted by atomic mass is 9.94. The molecule has 1 N–H and O–H groups in total. The van der Waals surface area contributed by atoms with Crippen molar-refractivity contribution in [1.82, 2.24) is 15.1 Å². The van der Waals surface area contributed by atoms with Crippen LogP contribution in [0.4, 0.5) is 13.2 Å². The largest absolute Gasteiger partial charge is 0.433 e. The van der Waals surface area contributed by atoms with Crippen molar-refractivity contribution in [3.05, 3.63) is 52.8 Å². The third-order valence-corrected chi connectivity index (χ3v) is 4.45. The van der Waals surface area contributed by atoms with E-state index >= 15 is 0 Å². The van der Waals surface area contributed by atoms with Crippen LogP contribution >= 0.6 is 0 Å². The molecule has 0 saturated heterocycles. The summed E-state index contributed by atoms with van der Waals surface area (Å²) in [6.45, 7) is 7.98. The van der Waals surface area contributed by atoms with Crippen LogP contribution in [0.3, 0.4) is 0 Å². The molecule has 0 aliphatic heterocycles. The van der Waals surface area contributed by atoms with E-state index in [9.17, 15) is 22.8 Å². The molecule has 9 heteroatoms. The summed E-state index contributed by atoms with van der Waals surface area (Å²) in [5.74, 6) is -1.87. The van der Waals surface area contributed by atoms with Crippen molar-refractivity contribution in [1.29, 1.82) is 5.26 Å². The van der Waals surface area contributed by atoms with Gasteiger partial charge < -0.3 is 5.32 Å². The number of amides is 1. The fraction of sp³-hybridized carbons (Fsp3) is 0.429. The van der Waals surface area contributed by atoms with E-state index < -0.39 is 40.7 Å². The third kappa shape index (κ3) is 4.87. The van der Waals surface area contributed by atoms with Crippen molar-refractivity contribution in [3.63, 3.8) is 0 Å². The minimum absolute atomic E-state index is 0.245. The summed E-state index contributed by atoms with van der Waals surface area (Å²) >= 11 is 0. The maximum absolute atomic E-state index is 13.7. The molecule has 1 aromatic carbocycles. The Morgan fingerprint density at radius 2 is 1.70 bits per heavy atom. The molecule has 1 unspecified atom stereocenters. The summed E-state index contributed by atoms with van der Waals surface area (Å²) in [5.41, 5.74) is -2.20. The van der Waals surface area contributed by atoms with Crippen LogP contribution in [0.5, 0.6) is 0 Å². The summed E-state index contributed by atoms with van der Waals surface area (Å²) in [6, 6.07) is 6.70. The van der Waals surface area contributed by atoms with Gasteiger partial charge in [-0.2, -0.15) is 23.5 Å². The zero-order valence-electron chi connectivity index (χ0n) is 17.3. The minimum atomic E-state index is -4.80. The zero-order chi connectivity index (χ0) is 22.9. The van der Waals surface area contributed by atoms with Gasteiger partial charge in [-0.15, -0.1) is 0 Å². The Kier molecular flexibility index (Phi) is 6.40. The lowest BCUT2D eigenvalue weighted by Crippen LogP contribution is -2.45. The number of alkyl halides is 3. The summed E-state index contributed by atoms with van der Waals surface area (Å²) in [4.78, 5) is 25.6. The standard InChI is InChI=1S/C21H23F3N4O2/c1-12(2)16(17(29)14-8-6-13(10-25)7-9-14)27-19(30)15-11-26-28(20(3,4)5)18(15)21(22,23)24/h6-9,11-12,16H,1-5H3,(H,27,30). The van der Waals surface area contributed by atoms with Crippen molar-refractivity contribution in [2.75, 3.05) is 0 Å². The van der Waals surface area contributed by atoms with Gasteiger partial charge in [0.15, 0.2) is 11.5 Å². The second-order valence-corrected chi connectivity index (χ2v) is 8.24. The monoisotopic (exact) mass is 420 g/mol. The van der Waals surface area contributed by atoms with E-state index in [0.29, 0.717) is 5.56 Å². The lowest BCUT2D eigenvalue weighted by molar-refractivity contribution is -0.146. The number of Topliss-reactive ketones (excluding diaryl/α,β-unsaturated/α-hetero) is 1. The summed E-state index contributed by atoms with van der Waals surface area (Å²) in [7, 11) is 0. The van der Waals surface area contributed by atoms with E-state index in [0.717, 1.165) is 10.9 Å². The highest BCUT2D eigenvalue weighted by Crippen LogP contribution is 2.35. The number of nitriles is 1. The molecule has 0 saturated carbocycles. The van der Waals surface area contributed by atoms with Crippen LogP contribution in [0.15, 0.2) is 30.5 Å². The molecule has 0 aliphatic carbocycles. The number of hydrogen-bond acceptors (Lipinski definition) is 4. The van der Waals surface area contributed by atoms with Crippen molar-refractivity contribution < 1.29 is 22.8 Å². The van der Waals surface area contributed by atoms with Crippen LogP contribution in [0.2, 0.25) is 0 Å². The first-order valence-corrected chi connectivity index (χ1v) is 9.28. The Morgan fingerprint density at radius 3 is 2.13 bits per heavy atom. The molecular formula is C21H23F3N4O2. The van der Waals surface area contributed by atoms with Gasteiger partial charge in [0.05, 0.1) is 35.0 Å². The lowest BCUT2D eigenvalue weighted by Gasteiger charge is -2.24. The Balaban J connectivity index is 2.39. The number of nitrogens with zero attached hydrogens (tertiary/aromatic N) is 3. The molecule has 0 bridgehead atoms. The first kappa shape index (κ1) is 23.1. The molecule has 0 spiro atoms. The second kappa shape index (κ2) is 8.30. The highest BCUT2D eigenvalue weighted by Gasteiger charge is 2.43. The molecule has 1 heterocycles. The predicted octanol–water partition coefficient (Wildman–Crippen LogP) is 4.17. The number of rotatable bonds is 5. The molecule has 2 aromatic rings. The van der Waals surface area contributed by atoms with Gasteiger partial charge in [-0.05, 0) is 38.8 Å². The van der Waals surface area contributed by atoms with E-state index in [1.54, 1.807) is 34.6 Å². The van der Waals surface area contributed by atoms with Gasteiger partial charge in [-0.25, -0.2) is 0 Å². The summed E-state index contributed by atoms with van der Waals surface area (Å²) < 4.78 is 41.8. The number of benzene rings is 1. The van der Waals surface area contributed by atoms with Crippen LogP contribution < -0.4 is 5.32 Å². The van der Waals surface area contributed by atoms with Crippen LogP contribution in [-0.2, 0) is 11.7 Å². The number of nitrogens with one attached hydrogen (secondary N) is 1. The molecule has 0 fully saturated rings. The normalized spacial score (nSPS) is 13.1. The molecule has 1 atom stereocenters. The SMILES string of the molecule is CC(C)C(NC(=O)c1cnn(C(C)(C)C)c1C(F)(F)F)C(=O)c1ccc(C#N)cc1. The highest BCUT2D eigenvalue weighted by atomic mass is 19.4. The predicted molar refractivity (Wildman–Crippen MR) is 104 cm³/mol. The molecule has 6 nitrogen and oxygen atoms in total. The third-order valence-electron chi connectivity index (χ3n) is 4.45. The highest BCUT2D eigenvalue weighted by molar-refractivity contribution is 6.04. The van der Waals surface area contributed by atoms with Crippen LogP contribution in [0, 0.1) is 17.2 Å².